The molecule has 0 aromatic heterocycles. The lowest BCUT2D eigenvalue weighted by Gasteiger charge is -2.22. The predicted molar refractivity (Wildman–Crippen MR) is 88.6 cm³/mol. The van der Waals surface area contributed by atoms with E-state index in [1.54, 1.807) is 0 Å². The summed E-state index contributed by atoms with van der Waals surface area (Å²) in [5.41, 5.74) is 2.54. The first kappa shape index (κ1) is 16.8. The van der Waals surface area contributed by atoms with E-state index in [9.17, 15) is 9.90 Å². The maximum atomic E-state index is 11.7. The molecule has 22 heavy (non-hydrogen) atoms. The van der Waals surface area contributed by atoms with Gasteiger partial charge in [0.15, 0.2) is 6.10 Å². The molecule has 3 heteroatoms. The number of hydrogen-bond acceptors (Lipinski definition) is 3. The summed E-state index contributed by atoms with van der Waals surface area (Å²) in [6.07, 6.45) is 5.92. The molecule has 1 aromatic rings. The van der Waals surface area contributed by atoms with E-state index in [4.69, 9.17) is 4.74 Å². The van der Waals surface area contributed by atoms with Crippen LogP contribution in [0.3, 0.4) is 0 Å². The van der Waals surface area contributed by atoms with Gasteiger partial charge in [0.1, 0.15) is 0 Å². The number of benzene rings is 1. The van der Waals surface area contributed by atoms with Gasteiger partial charge in [0, 0.05) is 0 Å². The van der Waals surface area contributed by atoms with Crippen molar-refractivity contribution >= 4 is 11.5 Å². The fourth-order valence-corrected chi connectivity index (χ4v) is 2.99. The van der Waals surface area contributed by atoms with Crippen molar-refractivity contribution in [2.24, 2.45) is 0 Å². The Morgan fingerprint density at radius 1 is 1.27 bits per heavy atom. The molecule has 2 rings (SSSR count). The Balaban J connectivity index is 1.99. The van der Waals surface area contributed by atoms with Crippen LogP contribution in [0.4, 0.5) is 0 Å². The van der Waals surface area contributed by atoms with Crippen molar-refractivity contribution in [2.75, 3.05) is 6.61 Å². The summed E-state index contributed by atoms with van der Waals surface area (Å²) in [5, 5.41) is 10.0. The summed E-state index contributed by atoms with van der Waals surface area (Å²) in [6, 6.07) is 8.09. The molecule has 1 fully saturated rings. The van der Waals surface area contributed by atoms with Crippen LogP contribution in [-0.2, 0) is 9.53 Å². The smallest absolute Gasteiger partial charge is 0.339 e. The molecule has 0 amide bonds. The summed E-state index contributed by atoms with van der Waals surface area (Å²) >= 11 is 0. The fraction of sp³-hybridized carbons (Fsp3) is 0.526. The second-order valence-electron chi connectivity index (χ2n) is 6.05. The van der Waals surface area contributed by atoms with Crippen LogP contribution in [0.15, 0.2) is 30.8 Å². The molecule has 1 aliphatic carbocycles. The normalized spacial score (nSPS) is 17.0. The molecule has 1 unspecified atom stereocenters. The molecule has 1 aliphatic rings. The van der Waals surface area contributed by atoms with Gasteiger partial charge in [0.25, 0.3) is 0 Å². The maximum absolute atomic E-state index is 11.7. The van der Waals surface area contributed by atoms with Crippen LogP contribution in [0.5, 0.6) is 0 Å². The first-order valence-electron chi connectivity index (χ1n) is 8.27. The molecule has 0 aliphatic heterocycles. The third-order valence-electron chi connectivity index (χ3n) is 4.36. The van der Waals surface area contributed by atoms with Crippen molar-refractivity contribution in [1.29, 1.82) is 0 Å². The maximum Gasteiger partial charge on any atom is 0.339 e. The van der Waals surface area contributed by atoms with Gasteiger partial charge in [-0.05, 0) is 41.9 Å². The Morgan fingerprint density at radius 2 is 1.91 bits per heavy atom. The number of rotatable bonds is 6. The van der Waals surface area contributed by atoms with Crippen molar-refractivity contribution in [3.8, 4) is 0 Å². The lowest BCUT2D eigenvalue weighted by Crippen LogP contribution is -2.24. The van der Waals surface area contributed by atoms with Crippen LogP contribution >= 0.6 is 0 Å². The highest BCUT2D eigenvalue weighted by Crippen LogP contribution is 2.33. The zero-order valence-electron chi connectivity index (χ0n) is 13.4. The van der Waals surface area contributed by atoms with Crippen LogP contribution < -0.4 is 0 Å². The Morgan fingerprint density at radius 3 is 2.50 bits per heavy atom. The minimum Gasteiger partial charge on any atom is -0.464 e. The minimum absolute atomic E-state index is 0.323. The molecule has 1 saturated carbocycles. The van der Waals surface area contributed by atoms with Crippen molar-refractivity contribution in [3.63, 3.8) is 0 Å². The van der Waals surface area contributed by atoms with Crippen molar-refractivity contribution < 1.29 is 14.6 Å². The van der Waals surface area contributed by atoms with E-state index in [1.807, 2.05) is 19.1 Å². The number of carbonyl (C=O) groups excluding carboxylic acids is 1. The van der Waals surface area contributed by atoms with Crippen LogP contribution in [0.2, 0.25) is 0 Å². The summed E-state index contributed by atoms with van der Waals surface area (Å²) in [6.45, 7) is 6.08. The van der Waals surface area contributed by atoms with Gasteiger partial charge in [-0.2, -0.15) is 0 Å². The van der Waals surface area contributed by atoms with Gasteiger partial charge in [-0.1, -0.05) is 57.0 Å². The first-order valence-corrected chi connectivity index (χ1v) is 8.27. The van der Waals surface area contributed by atoms with Gasteiger partial charge in [0.2, 0.25) is 0 Å². The SMILES string of the molecule is C=C(c1ccc(C2CCCCC2)cc1)C(O)C(=O)OCCC. The fourth-order valence-electron chi connectivity index (χ4n) is 2.99. The number of aliphatic hydroxyl groups is 1. The van der Waals surface area contributed by atoms with E-state index in [0.717, 1.165) is 12.0 Å². The highest BCUT2D eigenvalue weighted by atomic mass is 16.5. The van der Waals surface area contributed by atoms with E-state index in [2.05, 4.69) is 18.7 Å². The molecular formula is C19H26O3. The Bertz CT molecular complexity index is 498. The number of ether oxygens (including phenoxy) is 1. The van der Waals surface area contributed by atoms with E-state index in [-0.39, 0.29) is 0 Å². The largest absolute Gasteiger partial charge is 0.464 e. The van der Waals surface area contributed by atoms with Crippen LogP contribution in [0.1, 0.15) is 62.5 Å². The minimum atomic E-state index is -1.29. The molecule has 0 spiro atoms. The van der Waals surface area contributed by atoms with E-state index in [1.165, 1.54) is 37.7 Å². The molecule has 120 valence electrons. The third-order valence-corrected chi connectivity index (χ3v) is 4.36. The summed E-state index contributed by atoms with van der Waals surface area (Å²) in [5.74, 6) is 0.0266. The number of aliphatic hydroxyl groups excluding tert-OH is 1. The molecule has 0 saturated heterocycles. The number of hydrogen-bond donors (Lipinski definition) is 1. The lowest BCUT2D eigenvalue weighted by molar-refractivity contribution is -0.150. The molecular weight excluding hydrogens is 276 g/mol. The van der Waals surface area contributed by atoms with Gasteiger partial charge >= 0.3 is 5.97 Å². The molecule has 0 radical (unpaired) electrons. The van der Waals surface area contributed by atoms with Gasteiger partial charge in [0.05, 0.1) is 6.61 Å². The van der Waals surface area contributed by atoms with Crippen molar-refractivity contribution in [2.45, 2.75) is 57.5 Å². The highest BCUT2D eigenvalue weighted by Gasteiger charge is 2.21. The van der Waals surface area contributed by atoms with Gasteiger partial charge in [-0.25, -0.2) is 4.79 Å². The zero-order chi connectivity index (χ0) is 15.9. The van der Waals surface area contributed by atoms with E-state index >= 15 is 0 Å². The molecule has 3 nitrogen and oxygen atoms in total. The van der Waals surface area contributed by atoms with Gasteiger partial charge < -0.3 is 9.84 Å². The quantitative estimate of drug-likeness (QED) is 0.806. The standard InChI is InChI=1S/C19H26O3/c1-3-13-22-19(21)18(20)14(2)15-9-11-17(12-10-15)16-7-5-4-6-8-16/h9-12,16,18,20H,2-8,13H2,1H3. The Hall–Kier alpha value is -1.61. The monoisotopic (exact) mass is 302 g/mol. The molecule has 1 N–H and O–H groups in total. The second kappa shape index (κ2) is 8.14. The summed E-state index contributed by atoms with van der Waals surface area (Å²) in [4.78, 5) is 11.7. The lowest BCUT2D eigenvalue weighted by atomic mass is 9.83. The average molecular weight is 302 g/mol. The van der Waals surface area contributed by atoms with Crippen LogP contribution in [-0.4, -0.2) is 23.8 Å². The average Bonchev–Trinajstić information content (AvgIpc) is 2.59. The van der Waals surface area contributed by atoms with Gasteiger partial charge in [-0.3, -0.25) is 0 Å². The molecule has 0 bridgehead atoms. The first-order chi connectivity index (χ1) is 10.6. The number of carbonyl (C=O) groups is 1. The summed E-state index contributed by atoms with van der Waals surface area (Å²) < 4.78 is 4.96. The topological polar surface area (TPSA) is 46.5 Å². The molecule has 1 atom stereocenters. The predicted octanol–water partition coefficient (Wildman–Crippen LogP) is 4.06. The van der Waals surface area contributed by atoms with Gasteiger partial charge in [-0.15, -0.1) is 0 Å². The molecule has 1 aromatic carbocycles. The van der Waals surface area contributed by atoms with Crippen LogP contribution in [0, 0.1) is 0 Å². The third kappa shape index (κ3) is 4.20. The Kier molecular flexibility index (Phi) is 6.20. The Labute approximate surface area is 133 Å². The highest BCUT2D eigenvalue weighted by molar-refractivity contribution is 5.90. The summed E-state index contributed by atoms with van der Waals surface area (Å²) in [7, 11) is 0. The van der Waals surface area contributed by atoms with E-state index < -0.39 is 12.1 Å². The second-order valence-corrected chi connectivity index (χ2v) is 6.05. The van der Waals surface area contributed by atoms with E-state index in [0.29, 0.717) is 18.1 Å². The zero-order valence-corrected chi connectivity index (χ0v) is 13.4. The molecule has 0 heterocycles. The van der Waals surface area contributed by atoms with Crippen molar-refractivity contribution in [3.05, 3.63) is 42.0 Å². The number of esters is 1. The van der Waals surface area contributed by atoms with Crippen molar-refractivity contribution in [1.82, 2.24) is 0 Å². The van der Waals surface area contributed by atoms with Crippen LogP contribution in [0.25, 0.3) is 5.57 Å².